The Morgan fingerprint density at radius 2 is 1.89 bits per heavy atom. The largest absolute Gasteiger partial charge is 0.480 e. The number of hydrogen-bond donors (Lipinski definition) is 0. The van der Waals surface area contributed by atoms with Crippen LogP contribution < -0.4 is 9.47 Å². The van der Waals surface area contributed by atoms with Gasteiger partial charge in [0, 0.05) is 48.2 Å². The van der Waals surface area contributed by atoms with E-state index in [9.17, 15) is 17.6 Å². The first kappa shape index (κ1) is 23.1. The van der Waals surface area contributed by atoms with E-state index in [0.29, 0.717) is 29.0 Å². The van der Waals surface area contributed by atoms with Crippen LogP contribution in [0.1, 0.15) is 29.5 Å². The maximum Gasteiger partial charge on any atom is 0.406 e. The van der Waals surface area contributed by atoms with Gasteiger partial charge in [0.25, 0.3) is 0 Å². The molecule has 2 atom stereocenters. The van der Waals surface area contributed by atoms with Gasteiger partial charge in [-0.25, -0.2) is 18.9 Å². The molecule has 13 heteroatoms. The van der Waals surface area contributed by atoms with Crippen molar-refractivity contribution in [2.75, 3.05) is 14.2 Å². The van der Waals surface area contributed by atoms with Crippen molar-refractivity contribution in [1.29, 1.82) is 0 Å². The van der Waals surface area contributed by atoms with Crippen LogP contribution in [0.5, 0.6) is 11.9 Å². The van der Waals surface area contributed by atoms with Gasteiger partial charge in [0.15, 0.2) is 5.65 Å². The Kier molecular flexibility index (Phi) is 5.24. The number of hydrogen-bond acceptors (Lipinski definition) is 7. The normalized spacial score (nSPS) is 17.5. The fraction of sp³-hybridized carbons (Fsp3) is 0.292. The van der Waals surface area contributed by atoms with Gasteiger partial charge in [-0.3, -0.25) is 4.98 Å². The molecule has 1 aliphatic carbocycles. The topological polar surface area (TPSA) is 92.3 Å². The van der Waals surface area contributed by atoms with E-state index in [0.717, 1.165) is 16.3 Å². The SMILES string of the molecule is COc1ncc(-c2cc(C3C[C@@H]3c3cc4c(cn3)c(F)cn4CC(F)(F)F)c3nccn3n2)c(OC)n1. The van der Waals surface area contributed by atoms with Crippen molar-refractivity contribution >= 4 is 16.6 Å². The van der Waals surface area contributed by atoms with Crippen LogP contribution in [0.2, 0.25) is 0 Å². The van der Waals surface area contributed by atoms with Gasteiger partial charge in [-0.1, -0.05) is 0 Å². The summed E-state index contributed by atoms with van der Waals surface area (Å²) in [6.45, 7) is -1.28. The van der Waals surface area contributed by atoms with Crippen LogP contribution in [0.3, 0.4) is 0 Å². The Bertz CT molecular complexity index is 1650. The summed E-state index contributed by atoms with van der Waals surface area (Å²) in [4.78, 5) is 17.2. The number of aromatic nitrogens is 7. The summed E-state index contributed by atoms with van der Waals surface area (Å²) >= 11 is 0. The molecule has 37 heavy (non-hydrogen) atoms. The number of rotatable bonds is 6. The Balaban J connectivity index is 1.38. The van der Waals surface area contributed by atoms with E-state index in [2.05, 4.69) is 25.0 Å². The summed E-state index contributed by atoms with van der Waals surface area (Å²) in [7, 11) is 2.94. The molecule has 1 saturated carbocycles. The van der Waals surface area contributed by atoms with Crippen LogP contribution in [-0.4, -0.2) is 54.5 Å². The lowest BCUT2D eigenvalue weighted by atomic mass is 10.1. The van der Waals surface area contributed by atoms with Crippen molar-refractivity contribution in [3.63, 3.8) is 0 Å². The van der Waals surface area contributed by atoms with E-state index in [1.807, 2.05) is 6.07 Å². The quantitative estimate of drug-likeness (QED) is 0.308. The lowest BCUT2D eigenvalue weighted by Crippen LogP contribution is -2.16. The molecule has 1 aliphatic rings. The van der Waals surface area contributed by atoms with Crippen LogP contribution in [-0.2, 0) is 6.54 Å². The maximum atomic E-state index is 14.3. The van der Waals surface area contributed by atoms with Crippen LogP contribution in [0.15, 0.2) is 43.1 Å². The molecular formula is C24H19F4N7O2. The molecule has 1 fully saturated rings. The standard InChI is InChI=1S/C24H19F4N7O2/c1-36-22-16(9-31-23(32-22)37-2)19-6-14(21-29-3-4-35(21)33-19)12-5-13(12)18-7-20-15(8-30-18)17(25)10-34(20)11-24(26,27)28/h3-4,6-10,12-13H,5,11H2,1-2H3/t12?,13-/m0/s1. The zero-order chi connectivity index (χ0) is 25.9. The third-order valence-corrected chi connectivity index (χ3v) is 6.43. The van der Waals surface area contributed by atoms with Gasteiger partial charge in [0.1, 0.15) is 12.4 Å². The third-order valence-electron chi connectivity index (χ3n) is 6.43. The molecule has 0 aromatic carbocycles. The van der Waals surface area contributed by atoms with E-state index < -0.39 is 18.5 Å². The average molecular weight is 513 g/mol. The second-order valence-corrected chi connectivity index (χ2v) is 8.76. The monoisotopic (exact) mass is 513 g/mol. The first-order valence-corrected chi connectivity index (χ1v) is 11.3. The molecule has 0 amide bonds. The molecule has 0 N–H and O–H groups in total. The molecule has 0 radical (unpaired) electrons. The summed E-state index contributed by atoms with van der Waals surface area (Å²) in [6, 6.07) is 3.57. The predicted molar refractivity (Wildman–Crippen MR) is 123 cm³/mol. The van der Waals surface area contributed by atoms with Crippen LogP contribution in [0.25, 0.3) is 27.8 Å². The third kappa shape index (κ3) is 4.09. The number of ether oxygens (including phenoxy) is 2. The van der Waals surface area contributed by atoms with Gasteiger partial charge in [0.05, 0.1) is 36.4 Å². The number of imidazole rings is 1. The maximum absolute atomic E-state index is 14.3. The van der Waals surface area contributed by atoms with E-state index in [-0.39, 0.29) is 34.6 Å². The molecule has 1 unspecified atom stereocenters. The van der Waals surface area contributed by atoms with Crippen molar-refractivity contribution in [3.8, 4) is 23.1 Å². The molecular weight excluding hydrogens is 494 g/mol. The highest BCUT2D eigenvalue weighted by molar-refractivity contribution is 5.80. The van der Waals surface area contributed by atoms with Crippen LogP contribution >= 0.6 is 0 Å². The number of pyridine rings is 1. The highest BCUT2D eigenvalue weighted by atomic mass is 19.4. The van der Waals surface area contributed by atoms with Gasteiger partial charge in [0.2, 0.25) is 5.88 Å². The summed E-state index contributed by atoms with van der Waals surface area (Å²) < 4.78 is 66.3. The first-order valence-electron chi connectivity index (χ1n) is 11.3. The number of fused-ring (bicyclic) bond motifs is 2. The Morgan fingerprint density at radius 3 is 2.65 bits per heavy atom. The Hall–Kier alpha value is -4.29. The highest BCUT2D eigenvalue weighted by Gasteiger charge is 2.43. The Labute approximate surface area is 206 Å². The highest BCUT2D eigenvalue weighted by Crippen LogP contribution is 2.55. The lowest BCUT2D eigenvalue weighted by Gasteiger charge is -2.11. The number of nitrogens with zero attached hydrogens (tertiary/aromatic N) is 7. The smallest absolute Gasteiger partial charge is 0.406 e. The van der Waals surface area contributed by atoms with Crippen molar-refractivity contribution in [2.45, 2.75) is 31.0 Å². The molecule has 5 aromatic rings. The van der Waals surface area contributed by atoms with Gasteiger partial charge >= 0.3 is 12.2 Å². The second-order valence-electron chi connectivity index (χ2n) is 8.76. The Morgan fingerprint density at radius 1 is 1.05 bits per heavy atom. The van der Waals surface area contributed by atoms with Crippen LogP contribution in [0.4, 0.5) is 17.6 Å². The van der Waals surface area contributed by atoms with Gasteiger partial charge in [-0.05, 0) is 24.5 Å². The van der Waals surface area contributed by atoms with Crippen molar-refractivity contribution in [2.24, 2.45) is 0 Å². The summed E-state index contributed by atoms with van der Waals surface area (Å²) in [5.74, 6) is -0.542. The van der Waals surface area contributed by atoms with Crippen molar-refractivity contribution in [1.82, 2.24) is 34.1 Å². The van der Waals surface area contributed by atoms with E-state index in [1.165, 1.54) is 20.4 Å². The minimum Gasteiger partial charge on any atom is -0.480 e. The fourth-order valence-electron chi connectivity index (χ4n) is 4.68. The zero-order valence-corrected chi connectivity index (χ0v) is 19.6. The van der Waals surface area contributed by atoms with Gasteiger partial charge in [-0.2, -0.15) is 23.3 Å². The predicted octanol–water partition coefficient (Wildman–Crippen LogP) is 4.53. The molecule has 0 aliphatic heterocycles. The molecule has 5 aromatic heterocycles. The number of halogens is 4. The molecule has 0 spiro atoms. The number of alkyl halides is 3. The molecule has 6 rings (SSSR count). The summed E-state index contributed by atoms with van der Waals surface area (Å²) in [5.41, 5.74) is 3.39. The molecule has 9 nitrogen and oxygen atoms in total. The molecule has 190 valence electrons. The first-order chi connectivity index (χ1) is 17.8. The second kappa shape index (κ2) is 8.39. The van der Waals surface area contributed by atoms with E-state index in [4.69, 9.17) is 9.47 Å². The van der Waals surface area contributed by atoms with E-state index >= 15 is 0 Å². The molecule has 5 heterocycles. The summed E-state index contributed by atoms with van der Waals surface area (Å²) in [6.07, 6.45) is 3.29. The van der Waals surface area contributed by atoms with Crippen molar-refractivity contribution in [3.05, 3.63) is 60.2 Å². The number of methoxy groups -OCH3 is 2. The molecule has 0 bridgehead atoms. The summed E-state index contributed by atoms with van der Waals surface area (Å²) in [5, 5.41) is 4.67. The fourth-order valence-corrected chi connectivity index (χ4v) is 4.68. The lowest BCUT2D eigenvalue weighted by molar-refractivity contribution is -0.139. The van der Waals surface area contributed by atoms with Crippen LogP contribution in [0, 0.1) is 5.82 Å². The zero-order valence-electron chi connectivity index (χ0n) is 19.6. The van der Waals surface area contributed by atoms with Gasteiger partial charge in [-0.15, -0.1) is 0 Å². The minimum atomic E-state index is -4.48. The molecule has 0 saturated heterocycles. The minimum absolute atomic E-state index is 0.0161. The van der Waals surface area contributed by atoms with Gasteiger partial charge < -0.3 is 14.0 Å². The van der Waals surface area contributed by atoms with Crippen molar-refractivity contribution < 1.29 is 27.0 Å². The van der Waals surface area contributed by atoms with E-state index in [1.54, 1.807) is 29.2 Å². The average Bonchev–Trinajstić information content (AvgIpc) is 3.43.